The largest absolute Gasteiger partial charge is 0.376 e. The zero-order chi connectivity index (χ0) is 12.3. The third kappa shape index (κ3) is 3.13. The molecule has 1 fully saturated rings. The third-order valence-electron chi connectivity index (χ3n) is 3.01. The molecule has 0 spiro atoms. The van der Waals surface area contributed by atoms with Crippen molar-refractivity contribution in [1.29, 1.82) is 0 Å². The van der Waals surface area contributed by atoms with Crippen molar-refractivity contribution in [3.63, 3.8) is 0 Å². The Morgan fingerprint density at radius 3 is 3.18 bits per heavy atom. The summed E-state index contributed by atoms with van der Waals surface area (Å²) in [6.07, 6.45) is 3.35. The summed E-state index contributed by atoms with van der Waals surface area (Å²) in [6.45, 7) is 5.70. The topological polar surface area (TPSA) is 59.9 Å². The average Bonchev–Trinajstić information content (AvgIpc) is 2.93. The van der Waals surface area contributed by atoms with Gasteiger partial charge in [-0.2, -0.15) is 0 Å². The van der Waals surface area contributed by atoms with E-state index >= 15 is 0 Å². The molecule has 2 unspecified atom stereocenters. The monoisotopic (exact) mass is 257 g/mol. The number of H-pyrrole nitrogens is 1. The van der Waals surface area contributed by atoms with Gasteiger partial charge in [0.2, 0.25) is 0 Å². The highest BCUT2D eigenvalue weighted by Crippen LogP contribution is 2.23. The number of nitrogens with zero attached hydrogens (tertiary/aromatic N) is 2. The molecule has 0 aliphatic carbocycles. The summed E-state index contributed by atoms with van der Waals surface area (Å²) >= 11 is 1.64. The average molecular weight is 257 g/mol. The van der Waals surface area contributed by atoms with Crippen molar-refractivity contribution in [2.24, 2.45) is 0 Å². The van der Waals surface area contributed by atoms with Crippen LogP contribution in [-0.4, -0.2) is 32.7 Å². The predicted molar refractivity (Wildman–Crippen MR) is 67.4 cm³/mol. The van der Waals surface area contributed by atoms with Gasteiger partial charge in [0.05, 0.1) is 12.6 Å². The molecule has 1 aromatic heterocycles. The Kier molecular flexibility index (Phi) is 4.28. The number of aromatic nitrogens is 3. The van der Waals surface area contributed by atoms with Gasteiger partial charge in [0.1, 0.15) is 0 Å². The molecule has 0 aromatic carbocycles. The first-order valence-electron chi connectivity index (χ1n) is 6.14. The highest BCUT2D eigenvalue weighted by Gasteiger charge is 2.20. The minimum Gasteiger partial charge on any atom is -0.376 e. The standard InChI is InChI=1S/C11H19N3O2S/c1-3-8(2)17-11-13-12-10(15)14(11)7-9-5-4-6-16-9/h8-9H,3-7H2,1-2H3,(H,12,15). The van der Waals surface area contributed by atoms with E-state index in [0.717, 1.165) is 31.0 Å². The van der Waals surface area contributed by atoms with Crippen LogP contribution in [0.3, 0.4) is 0 Å². The van der Waals surface area contributed by atoms with E-state index in [4.69, 9.17) is 4.74 Å². The van der Waals surface area contributed by atoms with E-state index in [1.165, 1.54) is 0 Å². The van der Waals surface area contributed by atoms with Crippen LogP contribution in [0.5, 0.6) is 0 Å². The number of thioether (sulfide) groups is 1. The number of nitrogens with one attached hydrogen (secondary N) is 1. The van der Waals surface area contributed by atoms with Gasteiger partial charge < -0.3 is 4.74 Å². The normalized spacial score (nSPS) is 21.9. The van der Waals surface area contributed by atoms with Crippen molar-refractivity contribution in [3.8, 4) is 0 Å². The van der Waals surface area contributed by atoms with Crippen LogP contribution in [0, 0.1) is 0 Å². The lowest BCUT2D eigenvalue weighted by Crippen LogP contribution is -2.25. The summed E-state index contributed by atoms with van der Waals surface area (Å²) in [6, 6.07) is 0. The van der Waals surface area contributed by atoms with Gasteiger partial charge in [-0.3, -0.25) is 4.57 Å². The second kappa shape index (κ2) is 5.73. The highest BCUT2D eigenvalue weighted by molar-refractivity contribution is 7.99. The third-order valence-corrected chi connectivity index (χ3v) is 4.27. The molecule has 2 atom stereocenters. The molecule has 5 nitrogen and oxygen atoms in total. The van der Waals surface area contributed by atoms with Gasteiger partial charge in [0.15, 0.2) is 5.16 Å². The van der Waals surface area contributed by atoms with Crippen LogP contribution in [0.25, 0.3) is 0 Å². The van der Waals surface area contributed by atoms with Gasteiger partial charge >= 0.3 is 5.69 Å². The van der Waals surface area contributed by atoms with Crippen LogP contribution in [0.4, 0.5) is 0 Å². The molecule has 0 saturated carbocycles. The molecule has 1 saturated heterocycles. The number of rotatable bonds is 5. The molecular weight excluding hydrogens is 238 g/mol. The quantitative estimate of drug-likeness (QED) is 0.815. The van der Waals surface area contributed by atoms with Crippen LogP contribution in [0.2, 0.25) is 0 Å². The molecule has 2 heterocycles. The molecule has 0 amide bonds. The van der Waals surface area contributed by atoms with Gasteiger partial charge in [0, 0.05) is 11.9 Å². The van der Waals surface area contributed by atoms with Gasteiger partial charge in [-0.05, 0) is 19.3 Å². The Hall–Kier alpha value is -0.750. The highest BCUT2D eigenvalue weighted by atomic mass is 32.2. The first-order valence-corrected chi connectivity index (χ1v) is 7.02. The van der Waals surface area contributed by atoms with E-state index in [9.17, 15) is 4.79 Å². The van der Waals surface area contributed by atoms with Gasteiger partial charge in [-0.1, -0.05) is 25.6 Å². The van der Waals surface area contributed by atoms with Crippen molar-refractivity contribution in [2.75, 3.05) is 6.61 Å². The number of hydrogen-bond donors (Lipinski definition) is 1. The Morgan fingerprint density at radius 2 is 2.53 bits per heavy atom. The fraction of sp³-hybridized carbons (Fsp3) is 0.818. The van der Waals surface area contributed by atoms with Crippen LogP contribution in [0.1, 0.15) is 33.1 Å². The lowest BCUT2D eigenvalue weighted by Gasteiger charge is -2.12. The van der Waals surface area contributed by atoms with E-state index in [-0.39, 0.29) is 11.8 Å². The van der Waals surface area contributed by atoms with Gasteiger partial charge in [-0.15, -0.1) is 5.10 Å². The summed E-state index contributed by atoms with van der Waals surface area (Å²) in [7, 11) is 0. The molecule has 0 radical (unpaired) electrons. The first kappa shape index (κ1) is 12.7. The summed E-state index contributed by atoms with van der Waals surface area (Å²) in [4.78, 5) is 11.7. The molecule has 17 heavy (non-hydrogen) atoms. The minimum absolute atomic E-state index is 0.133. The van der Waals surface area contributed by atoms with Crippen molar-refractivity contribution < 1.29 is 4.74 Å². The first-order chi connectivity index (χ1) is 8.20. The Balaban J connectivity index is 2.08. The molecule has 1 N–H and O–H groups in total. The van der Waals surface area contributed by atoms with Crippen LogP contribution in [0.15, 0.2) is 9.95 Å². The van der Waals surface area contributed by atoms with E-state index < -0.39 is 0 Å². The molecular formula is C11H19N3O2S. The predicted octanol–water partition coefficient (Wildman–Crippen LogP) is 1.64. The minimum atomic E-state index is -0.133. The van der Waals surface area contributed by atoms with Crippen molar-refractivity contribution >= 4 is 11.8 Å². The molecule has 1 aromatic rings. The lowest BCUT2D eigenvalue weighted by atomic mass is 10.2. The maximum absolute atomic E-state index is 11.7. The smallest absolute Gasteiger partial charge is 0.344 e. The molecule has 1 aliphatic heterocycles. The fourth-order valence-corrected chi connectivity index (χ4v) is 2.72. The van der Waals surface area contributed by atoms with Gasteiger partial charge in [-0.25, -0.2) is 9.89 Å². The molecule has 6 heteroatoms. The van der Waals surface area contributed by atoms with E-state index in [1.54, 1.807) is 16.3 Å². The van der Waals surface area contributed by atoms with E-state index in [0.29, 0.717) is 11.8 Å². The number of aromatic amines is 1. The molecule has 0 bridgehead atoms. The SMILES string of the molecule is CCC(C)Sc1n[nH]c(=O)n1CC1CCCO1. The summed E-state index contributed by atoms with van der Waals surface area (Å²) < 4.78 is 7.26. The van der Waals surface area contributed by atoms with Crippen LogP contribution >= 0.6 is 11.8 Å². The Morgan fingerprint density at radius 1 is 1.71 bits per heavy atom. The van der Waals surface area contributed by atoms with E-state index in [1.807, 2.05) is 0 Å². The summed E-state index contributed by atoms with van der Waals surface area (Å²) in [5.41, 5.74) is -0.133. The number of ether oxygens (including phenoxy) is 1. The summed E-state index contributed by atoms with van der Waals surface area (Å²) in [5, 5.41) is 7.84. The molecule has 96 valence electrons. The maximum Gasteiger partial charge on any atom is 0.344 e. The van der Waals surface area contributed by atoms with Crippen molar-refractivity contribution in [2.45, 2.75) is 56.2 Å². The van der Waals surface area contributed by atoms with Crippen molar-refractivity contribution in [1.82, 2.24) is 14.8 Å². The Bertz CT molecular complexity index is 409. The van der Waals surface area contributed by atoms with Gasteiger partial charge in [0.25, 0.3) is 0 Å². The van der Waals surface area contributed by atoms with E-state index in [2.05, 4.69) is 24.0 Å². The van der Waals surface area contributed by atoms with Crippen molar-refractivity contribution in [3.05, 3.63) is 10.5 Å². The Labute approximate surface area is 105 Å². The molecule has 2 rings (SSSR count). The maximum atomic E-state index is 11.7. The second-order valence-corrected chi connectivity index (χ2v) is 5.80. The molecule has 1 aliphatic rings. The second-order valence-electron chi connectivity index (χ2n) is 4.39. The van der Waals surface area contributed by atoms with Crippen LogP contribution in [-0.2, 0) is 11.3 Å². The van der Waals surface area contributed by atoms with Crippen LogP contribution < -0.4 is 5.69 Å². The zero-order valence-corrected chi connectivity index (χ0v) is 11.1. The lowest BCUT2D eigenvalue weighted by molar-refractivity contribution is 0.0941. The fourth-order valence-electron chi connectivity index (χ4n) is 1.81. The summed E-state index contributed by atoms with van der Waals surface area (Å²) in [5.74, 6) is 0. The number of hydrogen-bond acceptors (Lipinski definition) is 4. The zero-order valence-electron chi connectivity index (χ0n) is 10.3.